The second kappa shape index (κ2) is 9.18. The number of imidazole rings is 1. The lowest BCUT2D eigenvalue weighted by Gasteiger charge is -2.59. The van der Waals surface area contributed by atoms with Crippen molar-refractivity contribution in [1.29, 1.82) is 0 Å². The van der Waals surface area contributed by atoms with Gasteiger partial charge in [0.15, 0.2) is 6.29 Å². The van der Waals surface area contributed by atoms with E-state index in [4.69, 9.17) is 21.4 Å². The van der Waals surface area contributed by atoms with Crippen molar-refractivity contribution in [1.82, 2.24) is 24.8 Å². The van der Waals surface area contributed by atoms with Crippen molar-refractivity contribution in [3.63, 3.8) is 0 Å². The smallest absolute Gasteiger partial charge is 0.152 e. The molecule has 2 aliphatic rings. The average molecular weight is 504 g/mol. The fourth-order valence-electron chi connectivity index (χ4n) is 6.86. The number of fused-ring (bicyclic) bond motifs is 1. The van der Waals surface area contributed by atoms with Gasteiger partial charge in [-0.2, -0.15) is 0 Å². The molecule has 0 bridgehead atoms. The van der Waals surface area contributed by atoms with Gasteiger partial charge in [0, 0.05) is 34.5 Å². The van der Waals surface area contributed by atoms with Gasteiger partial charge in [0.2, 0.25) is 0 Å². The molecule has 4 aromatic rings. The molecule has 1 spiro atoms. The van der Waals surface area contributed by atoms with E-state index in [1.165, 1.54) is 32.1 Å². The minimum absolute atomic E-state index is 0.0130. The van der Waals surface area contributed by atoms with Gasteiger partial charge >= 0.3 is 0 Å². The molecule has 0 radical (unpaired) electrons. The van der Waals surface area contributed by atoms with E-state index in [0.717, 1.165) is 46.5 Å². The topological polar surface area (TPSA) is 72.7 Å². The average Bonchev–Trinajstić information content (AvgIpc) is 3.28. The summed E-state index contributed by atoms with van der Waals surface area (Å²) in [6.07, 6.45) is 18.0. The van der Waals surface area contributed by atoms with E-state index in [2.05, 4.69) is 37.2 Å². The molecule has 0 aliphatic heterocycles. The zero-order chi connectivity index (χ0) is 26.5. The third-order valence-corrected chi connectivity index (χ3v) is 8.79. The van der Waals surface area contributed by atoms with Crippen molar-refractivity contribution in [2.75, 3.05) is 7.05 Å². The molecular weight excluding hydrogens is 470 g/mol. The number of nitrogens with zero attached hydrogens (tertiary/aromatic N) is 4. The minimum Gasteiger partial charge on any atom is -0.310 e. The highest BCUT2D eigenvalue weighted by Gasteiger charge is 2.56. The number of benzene rings is 2. The predicted octanol–water partition coefficient (Wildman–Crippen LogP) is 6.17. The number of aromatic nitrogens is 4. The van der Waals surface area contributed by atoms with E-state index in [1.54, 1.807) is 6.07 Å². The maximum absolute atomic E-state index is 12.1. The van der Waals surface area contributed by atoms with Crippen LogP contribution in [0.5, 0.6) is 0 Å². The highest BCUT2D eigenvalue weighted by atomic mass is 16.1. The number of terminal acetylenes is 1. The third-order valence-electron chi connectivity index (χ3n) is 8.79. The fraction of sp³-hybridized carbons (Fsp3) is 0.375. The molecule has 2 aromatic heterocycles. The minimum atomic E-state index is -0.0130. The molecule has 0 amide bonds. The van der Waals surface area contributed by atoms with Crippen LogP contribution in [-0.4, -0.2) is 32.9 Å². The Bertz CT molecular complexity index is 1560. The van der Waals surface area contributed by atoms with Crippen LogP contribution in [-0.2, 0) is 5.41 Å². The molecule has 2 aliphatic carbocycles. The molecule has 38 heavy (non-hydrogen) atoms. The Morgan fingerprint density at radius 3 is 2.53 bits per heavy atom. The maximum atomic E-state index is 12.1. The molecule has 2 saturated carbocycles. The summed E-state index contributed by atoms with van der Waals surface area (Å²) >= 11 is 0. The Hall–Kier alpha value is -3.82. The second-order valence-corrected chi connectivity index (χ2v) is 11.3. The number of aldehydes is 1. The first-order chi connectivity index (χ1) is 18.4. The van der Waals surface area contributed by atoms with Gasteiger partial charge in [0.05, 0.1) is 22.8 Å². The van der Waals surface area contributed by atoms with Gasteiger partial charge in [-0.1, -0.05) is 38.3 Å². The number of rotatable bonds is 7. The van der Waals surface area contributed by atoms with Crippen molar-refractivity contribution in [2.45, 2.75) is 63.8 Å². The van der Waals surface area contributed by atoms with Crippen LogP contribution in [0.2, 0.25) is 0 Å². The highest BCUT2D eigenvalue weighted by Crippen LogP contribution is 2.64. The Labute approximate surface area is 223 Å². The van der Waals surface area contributed by atoms with Crippen LogP contribution in [0, 0.1) is 17.8 Å². The van der Waals surface area contributed by atoms with Crippen molar-refractivity contribution >= 4 is 17.3 Å². The normalized spacial score (nSPS) is 17.9. The third kappa shape index (κ3) is 3.76. The second-order valence-electron chi connectivity index (χ2n) is 11.3. The van der Waals surface area contributed by atoms with Gasteiger partial charge in [0.1, 0.15) is 11.6 Å². The molecule has 2 aromatic carbocycles. The van der Waals surface area contributed by atoms with Crippen molar-refractivity contribution in [2.24, 2.45) is 5.41 Å². The molecule has 2 fully saturated rings. The quantitative estimate of drug-likeness (QED) is 0.241. The lowest BCUT2D eigenvalue weighted by atomic mass is 9.45. The summed E-state index contributed by atoms with van der Waals surface area (Å²) in [6, 6.07) is 11.6. The summed E-state index contributed by atoms with van der Waals surface area (Å²) in [5.74, 6) is 4.54. The summed E-state index contributed by atoms with van der Waals surface area (Å²) in [5, 5.41) is 3.36. The molecule has 1 atom stereocenters. The van der Waals surface area contributed by atoms with Gasteiger partial charge in [-0.05, 0) is 74.4 Å². The molecule has 6 rings (SSSR count). The SMILES string of the molecule is C#Cc1cccc(C=O)c1-n1c(C(CC)NC)nc2ccc(-c3cnc(C4(C)CC5(CCC5)C4)nc3)cc21. The van der Waals surface area contributed by atoms with E-state index in [-0.39, 0.29) is 11.5 Å². The largest absolute Gasteiger partial charge is 0.310 e. The monoisotopic (exact) mass is 503 g/mol. The Morgan fingerprint density at radius 2 is 1.92 bits per heavy atom. The lowest BCUT2D eigenvalue weighted by molar-refractivity contribution is -0.0440. The highest BCUT2D eigenvalue weighted by molar-refractivity contribution is 5.89. The van der Waals surface area contributed by atoms with Crippen LogP contribution in [0.15, 0.2) is 48.8 Å². The van der Waals surface area contributed by atoms with E-state index in [9.17, 15) is 4.79 Å². The molecular formula is C32H33N5O. The van der Waals surface area contributed by atoms with E-state index < -0.39 is 0 Å². The van der Waals surface area contributed by atoms with Gasteiger partial charge < -0.3 is 5.32 Å². The first-order valence-electron chi connectivity index (χ1n) is 13.5. The van der Waals surface area contributed by atoms with Crippen LogP contribution in [0.1, 0.15) is 86.0 Å². The van der Waals surface area contributed by atoms with Crippen LogP contribution in [0.4, 0.5) is 0 Å². The number of hydrogen-bond donors (Lipinski definition) is 1. The molecule has 1 N–H and O–H groups in total. The summed E-state index contributed by atoms with van der Waals surface area (Å²) < 4.78 is 2.05. The zero-order valence-corrected chi connectivity index (χ0v) is 22.3. The molecule has 2 heterocycles. The van der Waals surface area contributed by atoms with E-state index in [1.807, 2.05) is 42.2 Å². The van der Waals surface area contributed by atoms with Crippen LogP contribution in [0.25, 0.3) is 27.8 Å². The zero-order valence-electron chi connectivity index (χ0n) is 22.3. The van der Waals surface area contributed by atoms with Gasteiger partial charge in [0.25, 0.3) is 0 Å². The van der Waals surface area contributed by atoms with Gasteiger partial charge in [-0.15, -0.1) is 6.42 Å². The van der Waals surface area contributed by atoms with Crippen LogP contribution < -0.4 is 5.32 Å². The number of carbonyl (C=O) groups is 1. The summed E-state index contributed by atoms with van der Waals surface area (Å²) in [6.45, 7) is 4.41. The molecule has 6 heteroatoms. The molecule has 0 saturated heterocycles. The van der Waals surface area contributed by atoms with Gasteiger partial charge in [-0.25, -0.2) is 15.0 Å². The van der Waals surface area contributed by atoms with E-state index in [0.29, 0.717) is 22.2 Å². The number of hydrogen-bond acceptors (Lipinski definition) is 5. The predicted molar refractivity (Wildman–Crippen MR) is 150 cm³/mol. The van der Waals surface area contributed by atoms with Crippen molar-refractivity contribution < 1.29 is 4.79 Å². The lowest BCUT2D eigenvalue weighted by Crippen LogP contribution is -2.52. The Kier molecular flexibility index (Phi) is 5.92. The Balaban J connectivity index is 1.46. The van der Waals surface area contributed by atoms with Gasteiger partial charge in [-0.3, -0.25) is 9.36 Å². The number of carbonyl (C=O) groups excluding carboxylic acids is 1. The van der Waals surface area contributed by atoms with E-state index >= 15 is 0 Å². The fourth-order valence-corrected chi connectivity index (χ4v) is 6.86. The number of para-hydroxylation sites is 1. The van der Waals surface area contributed by atoms with Crippen molar-refractivity contribution in [3.05, 3.63) is 71.6 Å². The maximum Gasteiger partial charge on any atom is 0.152 e. The number of nitrogens with one attached hydrogen (secondary N) is 1. The first kappa shape index (κ1) is 24.5. The molecule has 192 valence electrons. The van der Waals surface area contributed by atoms with Crippen LogP contribution >= 0.6 is 0 Å². The first-order valence-corrected chi connectivity index (χ1v) is 13.5. The summed E-state index contributed by atoms with van der Waals surface area (Å²) in [7, 11) is 1.92. The Morgan fingerprint density at radius 1 is 1.16 bits per heavy atom. The molecule has 1 unspecified atom stereocenters. The molecule has 6 nitrogen and oxygen atoms in total. The summed E-state index contributed by atoms with van der Waals surface area (Å²) in [4.78, 5) is 26.8. The standard InChI is InChI=1S/C32H33N5O/c1-5-21-9-7-10-23(18-38)28(21)37-27-15-22(11-12-26(27)36-29(37)25(6-2)33-4)24-16-34-30(35-17-24)31(3)19-32(20-31)13-8-14-32/h1,7,9-12,15-18,25,33H,6,8,13-14,19-20H2,2-4H3. The van der Waals surface area contributed by atoms with Crippen LogP contribution in [0.3, 0.4) is 0 Å². The summed E-state index contributed by atoms with van der Waals surface area (Å²) in [5.41, 5.74) is 6.19. The van der Waals surface area contributed by atoms with Crippen molar-refractivity contribution in [3.8, 4) is 29.2 Å².